The lowest BCUT2D eigenvalue weighted by atomic mass is 10.1. The van der Waals surface area contributed by atoms with E-state index < -0.39 is 6.43 Å². The molecule has 1 unspecified atom stereocenters. The van der Waals surface area contributed by atoms with E-state index in [1.165, 1.54) is 12.1 Å². The van der Waals surface area contributed by atoms with Crippen LogP contribution < -0.4 is 5.32 Å². The van der Waals surface area contributed by atoms with Crippen LogP contribution in [-0.2, 0) is 6.54 Å². The van der Waals surface area contributed by atoms with Gasteiger partial charge in [-0.2, -0.15) is 0 Å². The molecule has 0 radical (unpaired) electrons. The Morgan fingerprint density at radius 2 is 2.12 bits per heavy atom. The monoisotopic (exact) mass is 243 g/mol. The molecule has 96 valence electrons. The molecule has 0 aromatic heterocycles. The first-order valence-electron chi connectivity index (χ1n) is 5.89. The number of nitrogens with one attached hydrogen (secondary N) is 1. The highest BCUT2D eigenvalue weighted by Crippen LogP contribution is 2.19. The molecule has 0 amide bonds. The summed E-state index contributed by atoms with van der Waals surface area (Å²) in [5.74, 6) is 0. The highest BCUT2D eigenvalue weighted by Gasteiger charge is 2.06. The predicted octanol–water partition coefficient (Wildman–Crippen LogP) is 2.87. The fraction of sp³-hybridized carbons (Fsp3) is 0.538. The summed E-state index contributed by atoms with van der Waals surface area (Å²) in [6, 6.07) is 6.39. The molecule has 17 heavy (non-hydrogen) atoms. The second-order valence-corrected chi connectivity index (χ2v) is 4.07. The summed E-state index contributed by atoms with van der Waals surface area (Å²) in [5.41, 5.74) is 0.895. The molecule has 0 bridgehead atoms. The van der Waals surface area contributed by atoms with Gasteiger partial charge in [0.2, 0.25) is 0 Å². The van der Waals surface area contributed by atoms with E-state index in [4.69, 9.17) is 0 Å². The number of aliphatic hydroxyl groups excluding tert-OH is 1. The molecular formula is C13H19F2NO. The maximum absolute atomic E-state index is 12.4. The smallest absolute Gasteiger partial charge is 0.263 e. The topological polar surface area (TPSA) is 32.3 Å². The van der Waals surface area contributed by atoms with Gasteiger partial charge >= 0.3 is 0 Å². The van der Waals surface area contributed by atoms with Gasteiger partial charge in [-0.05, 0) is 31.0 Å². The van der Waals surface area contributed by atoms with Crippen LogP contribution in [0.15, 0.2) is 24.3 Å². The van der Waals surface area contributed by atoms with Gasteiger partial charge in [-0.15, -0.1) is 0 Å². The van der Waals surface area contributed by atoms with Crippen molar-refractivity contribution in [3.63, 3.8) is 0 Å². The Morgan fingerprint density at radius 1 is 1.35 bits per heavy atom. The highest BCUT2D eigenvalue weighted by molar-refractivity contribution is 5.24. The van der Waals surface area contributed by atoms with Crippen LogP contribution in [0.5, 0.6) is 0 Å². The molecule has 1 aromatic rings. The Hall–Kier alpha value is -1.00. The van der Waals surface area contributed by atoms with Crippen molar-refractivity contribution in [2.24, 2.45) is 0 Å². The minimum absolute atomic E-state index is 0.0536. The Labute approximate surface area is 101 Å². The molecule has 0 aliphatic heterocycles. The number of halogens is 2. The van der Waals surface area contributed by atoms with Gasteiger partial charge in [0, 0.05) is 12.1 Å². The predicted molar refractivity (Wildman–Crippen MR) is 64.0 cm³/mol. The first-order valence-corrected chi connectivity index (χ1v) is 5.89. The fourth-order valence-corrected chi connectivity index (χ4v) is 1.54. The Bertz CT molecular complexity index is 331. The standard InChI is InChI=1S/C13H19F2NO/c1-2-12(17)6-7-16-9-10-4-3-5-11(8-10)13(14)15/h3-5,8,12-13,16-17H,2,6-7,9H2,1H3. The molecule has 0 saturated heterocycles. The lowest BCUT2D eigenvalue weighted by Crippen LogP contribution is -2.19. The summed E-state index contributed by atoms with van der Waals surface area (Å²) in [6.45, 7) is 3.17. The zero-order chi connectivity index (χ0) is 12.7. The Kier molecular flexibility index (Phi) is 6.08. The minimum Gasteiger partial charge on any atom is -0.393 e. The summed E-state index contributed by atoms with van der Waals surface area (Å²) in [6.07, 6.45) is -1.28. The van der Waals surface area contributed by atoms with Gasteiger partial charge in [0.15, 0.2) is 0 Å². The quantitative estimate of drug-likeness (QED) is 0.722. The SMILES string of the molecule is CCC(O)CCNCc1cccc(C(F)F)c1. The Morgan fingerprint density at radius 3 is 2.76 bits per heavy atom. The molecule has 1 aromatic carbocycles. The third-order valence-electron chi connectivity index (χ3n) is 2.66. The molecule has 4 heteroatoms. The number of hydrogen-bond donors (Lipinski definition) is 2. The largest absolute Gasteiger partial charge is 0.393 e. The van der Waals surface area contributed by atoms with Crippen LogP contribution in [0.4, 0.5) is 8.78 Å². The van der Waals surface area contributed by atoms with E-state index in [9.17, 15) is 13.9 Å². The highest BCUT2D eigenvalue weighted by atomic mass is 19.3. The van der Waals surface area contributed by atoms with Crippen LogP contribution in [0.3, 0.4) is 0 Å². The van der Waals surface area contributed by atoms with E-state index in [0.717, 1.165) is 12.0 Å². The molecule has 0 saturated carbocycles. The summed E-state index contributed by atoms with van der Waals surface area (Å²) in [5, 5.41) is 12.5. The van der Waals surface area contributed by atoms with E-state index in [1.807, 2.05) is 13.0 Å². The maximum atomic E-state index is 12.4. The van der Waals surface area contributed by atoms with Crippen LogP contribution in [0.25, 0.3) is 0 Å². The van der Waals surface area contributed by atoms with Crippen molar-refractivity contribution in [3.8, 4) is 0 Å². The minimum atomic E-state index is -2.42. The first-order chi connectivity index (χ1) is 8.13. The average molecular weight is 243 g/mol. The molecule has 0 aliphatic rings. The molecule has 0 spiro atoms. The molecule has 0 heterocycles. The second kappa shape index (κ2) is 7.35. The van der Waals surface area contributed by atoms with Crippen LogP contribution in [0.2, 0.25) is 0 Å². The fourth-order valence-electron chi connectivity index (χ4n) is 1.54. The maximum Gasteiger partial charge on any atom is 0.263 e. The summed E-state index contributed by atoms with van der Waals surface area (Å²) >= 11 is 0. The summed E-state index contributed by atoms with van der Waals surface area (Å²) < 4.78 is 24.9. The summed E-state index contributed by atoms with van der Waals surface area (Å²) in [4.78, 5) is 0. The van der Waals surface area contributed by atoms with Gasteiger partial charge in [0.25, 0.3) is 6.43 Å². The van der Waals surface area contributed by atoms with E-state index in [0.29, 0.717) is 19.5 Å². The number of benzene rings is 1. The van der Waals surface area contributed by atoms with Crippen LogP contribution >= 0.6 is 0 Å². The number of aliphatic hydroxyl groups is 1. The molecule has 0 fully saturated rings. The van der Waals surface area contributed by atoms with E-state index in [2.05, 4.69) is 5.32 Å². The average Bonchev–Trinajstić information content (AvgIpc) is 2.34. The third kappa shape index (κ3) is 5.24. The van der Waals surface area contributed by atoms with E-state index >= 15 is 0 Å². The van der Waals surface area contributed by atoms with Gasteiger partial charge in [0.1, 0.15) is 0 Å². The summed E-state index contributed by atoms with van der Waals surface area (Å²) in [7, 11) is 0. The van der Waals surface area contributed by atoms with Crippen LogP contribution in [0, 0.1) is 0 Å². The Balaban J connectivity index is 2.34. The third-order valence-corrected chi connectivity index (χ3v) is 2.66. The molecule has 0 aliphatic carbocycles. The van der Waals surface area contributed by atoms with Crippen molar-refractivity contribution in [1.82, 2.24) is 5.32 Å². The van der Waals surface area contributed by atoms with Crippen molar-refractivity contribution in [3.05, 3.63) is 35.4 Å². The lowest BCUT2D eigenvalue weighted by molar-refractivity contribution is 0.151. The van der Waals surface area contributed by atoms with Crippen molar-refractivity contribution in [1.29, 1.82) is 0 Å². The second-order valence-electron chi connectivity index (χ2n) is 4.07. The zero-order valence-corrected chi connectivity index (χ0v) is 10.00. The van der Waals surface area contributed by atoms with Crippen LogP contribution in [0.1, 0.15) is 37.3 Å². The number of rotatable bonds is 7. The van der Waals surface area contributed by atoms with Gasteiger partial charge < -0.3 is 10.4 Å². The van der Waals surface area contributed by atoms with Crippen molar-refractivity contribution >= 4 is 0 Å². The molecule has 2 N–H and O–H groups in total. The molecule has 1 rings (SSSR count). The van der Waals surface area contributed by atoms with E-state index in [1.54, 1.807) is 6.07 Å². The van der Waals surface area contributed by atoms with Crippen LogP contribution in [-0.4, -0.2) is 17.8 Å². The van der Waals surface area contributed by atoms with Gasteiger partial charge in [-0.25, -0.2) is 8.78 Å². The van der Waals surface area contributed by atoms with E-state index in [-0.39, 0.29) is 11.7 Å². The molecule has 1 atom stereocenters. The van der Waals surface area contributed by atoms with Gasteiger partial charge in [-0.3, -0.25) is 0 Å². The van der Waals surface area contributed by atoms with Crippen molar-refractivity contribution in [2.45, 2.75) is 38.8 Å². The van der Waals surface area contributed by atoms with Crippen molar-refractivity contribution < 1.29 is 13.9 Å². The molecular weight excluding hydrogens is 224 g/mol. The first kappa shape index (κ1) is 14.1. The molecule has 2 nitrogen and oxygen atoms in total. The number of alkyl halides is 2. The normalized spacial score (nSPS) is 13.0. The lowest BCUT2D eigenvalue weighted by Gasteiger charge is -2.09. The number of hydrogen-bond acceptors (Lipinski definition) is 2. The van der Waals surface area contributed by atoms with Gasteiger partial charge in [-0.1, -0.05) is 25.1 Å². The van der Waals surface area contributed by atoms with Gasteiger partial charge in [0.05, 0.1) is 6.10 Å². The van der Waals surface area contributed by atoms with Crippen molar-refractivity contribution in [2.75, 3.05) is 6.54 Å². The zero-order valence-electron chi connectivity index (χ0n) is 10.00.